The number of carbonyl (C=O) groups excluding carboxylic acids is 1. The van der Waals surface area contributed by atoms with Gasteiger partial charge in [-0.2, -0.15) is 0 Å². The summed E-state index contributed by atoms with van der Waals surface area (Å²) in [5.74, 6) is -1.70. The molecule has 1 saturated carbocycles. The molecule has 0 aliphatic heterocycles. The molecule has 1 unspecified atom stereocenters. The van der Waals surface area contributed by atoms with E-state index in [-0.39, 0.29) is 29.7 Å². The standard InChI is InChI=1S/C14H16FNO4/c1-20-12-6-9(4-5-10(12)15)14(19)16-11(7-13(17)18)8-2-3-8/h4-6,8,11H,2-3,7H2,1H3,(H,16,19)(H,17,18). The quantitative estimate of drug-likeness (QED) is 0.834. The number of carboxylic acid groups (broad SMARTS) is 1. The number of benzene rings is 1. The summed E-state index contributed by atoms with van der Waals surface area (Å²) in [5, 5.41) is 11.5. The van der Waals surface area contributed by atoms with Crippen molar-refractivity contribution in [3.05, 3.63) is 29.6 Å². The van der Waals surface area contributed by atoms with Crippen LogP contribution in [0.1, 0.15) is 29.6 Å². The molecule has 1 amide bonds. The van der Waals surface area contributed by atoms with Gasteiger partial charge in [0.25, 0.3) is 5.91 Å². The minimum absolute atomic E-state index is 0.0149. The molecule has 1 fully saturated rings. The summed E-state index contributed by atoms with van der Waals surface area (Å²) in [6.45, 7) is 0. The first kappa shape index (κ1) is 14.3. The van der Waals surface area contributed by atoms with Gasteiger partial charge >= 0.3 is 5.97 Å². The number of amides is 1. The summed E-state index contributed by atoms with van der Waals surface area (Å²) in [6, 6.07) is 3.42. The third kappa shape index (κ3) is 3.46. The minimum Gasteiger partial charge on any atom is -0.494 e. The van der Waals surface area contributed by atoms with Crippen molar-refractivity contribution in [2.24, 2.45) is 5.92 Å². The van der Waals surface area contributed by atoms with Crippen molar-refractivity contribution in [2.45, 2.75) is 25.3 Å². The predicted octanol–water partition coefficient (Wildman–Crippen LogP) is 1.82. The number of methoxy groups -OCH3 is 1. The highest BCUT2D eigenvalue weighted by Gasteiger charge is 2.33. The lowest BCUT2D eigenvalue weighted by Gasteiger charge is -2.16. The van der Waals surface area contributed by atoms with Crippen molar-refractivity contribution in [2.75, 3.05) is 7.11 Å². The van der Waals surface area contributed by atoms with E-state index < -0.39 is 17.7 Å². The predicted molar refractivity (Wildman–Crippen MR) is 69.2 cm³/mol. The first-order valence-electron chi connectivity index (χ1n) is 6.37. The maximum atomic E-state index is 13.3. The Balaban J connectivity index is 2.08. The van der Waals surface area contributed by atoms with Gasteiger partial charge in [0.05, 0.1) is 13.5 Å². The van der Waals surface area contributed by atoms with Gasteiger partial charge < -0.3 is 15.2 Å². The van der Waals surface area contributed by atoms with Crippen molar-refractivity contribution >= 4 is 11.9 Å². The van der Waals surface area contributed by atoms with E-state index in [9.17, 15) is 14.0 Å². The normalized spacial score (nSPS) is 15.5. The Labute approximate surface area is 115 Å². The van der Waals surface area contributed by atoms with E-state index in [1.165, 1.54) is 19.2 Å². The summed E-state index contributed by atoms with van der Waals surface area (Å²) >= 11 is 0. The second-order valence-electron chi connectivity index (χ2n) is 4.86. The van der Waals surface area contributed by atoms with E-state index in [0.717, 1.165) is 18.9 Å². The maximum Gasteiger partial charge on any atom is 0.305 e. The van der Waals surface area contributed by atoms with Crippen molar-refractivity contribution in [3.63, 3.8) is 0 Å². The monoisotopic (exact) mass is 281 g/mol. The Morgan fingerprint density at radius 2 is 2.20 bits per heavy atom. The first-order chi connectivity index (χ1) is 9.51. The number of ether oxygens (including phenoxy) is 1. The molecule has 1 aromatic carbocycles. The van der Waals surface area contributed by atoms with Crippen LogP contribution in [-0.2, 0) is 4.79 Å². The number of rotatable bonds is 6. The molecule has 2 rings (SSSR count). The molecule has 1 atom stereocenters. The maximum absolute atomic E-state index is 13.3. The second kappa shape index (κ2) is 5.90. The van der Waals surface area contributed by atoms with Crippen LogP contribution in [0.15, 0.2) is 18.2 Å². The highest BCUT2D eigenvalue weighted by molar-refractivity contribution is 5.95. The molecular formula is C14H16FNO4. The van der Waals surface area contributed by atoms with E-state index in [1.807, 2.05) is 0 Å². The van der Waals surface area contributed by atoms with Crippen LogP contribution in [0, 0.1) is 11.7 Å². The molecular weight excluding hydrogens is 265 g/mol. The smallest absolute Gasteiger partial charge is 0.305 e. The molecule has 0 saturated heterocycles. The van der Waals surface area contributed by atoms with Crippen molar-refractivity contribution in [3.8, 4) is 5.75 Å². The van der Waals surface area contributed by atoms with Crippen molar-refractivity contribution in [1.82, 2.24) is 5.32 Å². The molecule has 0 bridgehead atoms. The summed E-state index contributed by atoms with van der Waals surface area (Å²) in [6.07, 6.45) is 1.74. The summed E-state index contributed by atoms with van der Waals surface area (Å²) in [5.41, 5.74) is 0.249. The van der Waals surface area contributed by atoms with Gasteiger partial charge in [0.2, 0.25) is 0 Å². The van der Waals surface area contributed by atoms with Crippen LogP contribution in [0.3, 0.4) is 0 Å². The Morgan fingerprint density at radius 1 is 1.50 bits per heavy atom. The molecule has 1 aromatic rings. The van der Waals surface area contributed by atoms with E-state index in [1.54, 1.807) is 0 Å². The van der Waals surface area contributed by atoms with Crippen molar-refractivity contribution < 1.29 is 23.8 Å². The van der Waals surface area contributed by atoms with Gasteiger partial charge in [-0.3, -0.25) is 9.59 Å². The van der Waals surface area contributed by atoms with E-state index in [2.05, 4.69) is 5.32 Å². The largest absolute Gasteiger partial charge is 0.494 e. The topological polar surface area (TPSA) is 75.6 Å². The number of carboxylic acids is 1. The molecule has 108 valence electrons. The lowest BCUT2D eigenvalue weighted by molar-refractivity contribution is -0.137. The number of carbonyl (C=O) groups is 2. The molecule has 20 heavy (non-hydrogen) atoms. The van der Waals surface area contributed by atoms with Gasteiger partial charge in [-0.1, -0.05) is 0 Å². The fraction of sp³-hybridized carbons (Fsp3) is 0.429. The van der Waals surface area contributed by atoms with Gasteiger partial charge in [-0.05, 0) is 37.0 Å². The number of hydrogen-bond donors (Lipinski definition) is 2. The van der Waals surface area contributed by atoms with E-state index >= 15 is 0 Å². The lowest BCUT2D eigenvalue weighted by Crippen LogP contribution is -2.38. The highest BCUT2D eigenvalue weighted by atomic mass is 19.1. The van der Waals surface area contributed by atoms with Crippen LogP contribution in [0.4, 0.5) is 4.39 Å². The van der Waals surface area contributed by atoms with Crippen LogP contribution in [0.25, 0.3) is 0 Å². The SMILES string of the molecule is COc1cc(C(=O)NC(CC(=O)O)C2CC2)ccc1F. The molecule has 5 nitrogen and oxygen atoms in total. The van der Waals surface area contributed by atoms with Crippen LogP contribution in [-0.4, -0.2) is 30.1 Å². The molecule has 0 heterocycles. The summed E-state index contributed by atoms with van der Waals surface area (Å²) in [7, 11) is 1.32. The Bertz CT molecular complexity index is 528. The molecule has 0 radical (unpaired) electrons. The fourth-order valence-corrected chi connectivity index (χ4v) is 2.08. The molecule has 6 heteroatoms. The van der Waals surface area contributed by atoms with Crippen LogP contribution in [0.5, 0.6) is 5.75 Å². The first-order valence-corrected chi connectivity index (χ1v) is 6.37. The second-order valence-corrected chi connectivity index (χ2v) is 4.86. The minimum atomic E-state index is -0.945. The number of aliphatic carboxylic acids is 1. The van der Waals surface area contributed by atoms with Crippen LogP contribution >= 0.6 is 0 Å². The molecule has 1 aliphatic carbocycles. The number of hydrogen-bond acceptors (Lipinski definition) is 3. The zero-order valence-corrected chi connectivity index (χ0v) is 11.1. The van der Waals surface area contributed by atoms with Gasteiger partial charge in [0, 0.05) is 11.6 Å². The van der Waals surface area contributed by atoms with Crippen molar-refractivity contribution in [1.29, 1.82) is 0 Å². The summed E-state index contributed by atoms with van der Waals surface area (Å²) in [4.78, 5) is 22.9. The van der Waals surface area contributed by atoms with Crippen LogP contribution < -0.4 is 10.1 Å². The summed E-state index contributed by atoms with van der Waals surface area (Å²) < 4.78 is 18.1. The zero-order valence-electron chi connectivity index (χ0n) is 11.1. The van der Waals surface area contributed by atoms with Gasteiger partial charge in [-0.25, -0.2) is 4.39 Å². The van der Waals surface area contributed by atoms with Crippen LogP contribution in [0.2, 0.25) is 0 Å². The average molecular weight is 281 g/mol. The highest BCUT2D eigenvalue weighted by Crippen LogP contribution is 2.34. The molecule has 2 N–H and O–H groups in total. The third-order valence-corrected chi connectivity index (χ3v) is 3.32. The molecule has 0 spiro atoms. The third-order valence-electron chi connectivity index (χ3n) is 3.32. The average Bonchev–Trinajstić information content (AvgIpc) is 3.22. The molecule has 0 aromatic heterocycles. The molecule has 1 aliphatic rings. The lowest BCUT2D eigenvalue weighted by atomic mass is 10.1. The van der Waals surface area contributed by atoms with E-state index in [0.29, 0.717) is 0 Å². The number of nitrogens with one attached hydrogen (secondary N) is 1. The van der Waals surface area contributed by atoms with Gasteiger partial charge in [-0.15, -0.1) is 0 Å². The Morgan fingerprint density at radius 3 is 2.75 bits per heavy atom. The fourth-order valence-electron chi connectivity index (χ4n) is 2.08. The van der Waals surface area contributed by atoms with Gasteiger partial charge in [0.1, 0.15) is 0 Å². The van der Waals surface area contributed by atoms with Gasteiger partial charge in [0.15, 0.2) is 11.6 Å². The number of halogens is 1. The van der Waals surface area contributed by atoms with E-state index in [4.69, 9.17) is 9.84 Å². The Kier molecular flexibility index (Phi) is 4.22. The zero-order chi connectivity index (χ0) is 14.7. The Hall–Kier alpha value is -2.11.